The topological polar surface area (TPSA) is 125 Å². The molecule has 1 fully saturated rings. The second kappa shape index (κ2) is 11.2. The summed E-state index contributed by atoms with van der Waals surface area (Å²) in [5.74, 6) is -1.96. The third-order valence-electron chi connectivity index (χ3n) is 6.28. The van der Waals surface area contributed by atoms with Crippen molar-refractivity contribution in [3.05, 3.63) is 71.8 Å². The highest BCUT2D eigenvalue weighted by Crippen LogP contribution is 2.36. The van der Waals surface area contributed by atoms with Crippen molar-refractivity contribution >= 4 is 17.7 Å². The number of hydrogen-bond acceptors (Lipinski definition) is 6. The van der Waals surface area contributed by atoms with Crippen molar-refractivity contribution < 1.29 is 19.1 Å². The van der Waals surface area contributed by atoms with Crippen LogP contribution in [-0.2, 0) is 32.0 Å². The zero-order chi connectivity index (χ0) is 23.8. The molecule has 5 N–H and O–H groups in total. The smallest absolute Gasteiger partial charge is 0.326 e. The molecule has 4 atom stereocenters. The molecule has 2 aromatic carbocycles. The molecular formula is C26H33N3O4. The number of Topliss-reactive ketones (excluding diaryl/α,β-unsaturated/α-hetero) is 1. The van der Waals surface area contributed by atoms with Gasteiger partial charge in [-0.15, -0.1) is 0 Å². The fourth-order valence-corrected chi connectivity index (χ4v) is 4.49. The summed E-state index contributed by atoms with van der Waals surface area (Å²) < 4.78 is 5.17. The molecular weight excluding hydrogens is 418 g/mol. The zero-order valence-corrected chi connectivity index (χ0v) is 19.0. The maximum atomic E-state index is 13.6. The van der Waals surface area contributed by atoms with Gasteiger partial charge >= 0.3 is 5.97 Å². The van der Waals surface area contributed by atoms with Gasteiger partial charge in [0.15, 0.2) is 5.78 Å². The van der Waals surface area contributed by atoms with Crippen LogP contribution < -0.4 is 16.8 Å². The van der Waals surface area contributed by atoms with Gasteiger partial charge in [-0.3, -0.25) is 14.4 Å². The molecule has 176 valence electrons. The Morgan fingerprint density at radius 1 is 1.03 bits per heavy atom. The van der Waals surface area contributed by atoms with E-state index in [4.69, 9.17) is 16.2 Å². The summed E-state index contributed by atoms with van der Waals surface area (Å²) in [6.07, 6.45) is 2.14. The number of ether oxygens (including phenoxy) is 1. The Bertz CT molecular complexity index is 951. The van der Waals surface area contributed by atoms with Crippen molar-refractivity contribution in [1.29, 1.82) is 0 Å². The average Bonchev–Trinajstić information content (AvgIpc) is 3.22. The predicted octanol–water partition coefficient (Wildman–Crippen LogP) is 1.91. The van der Waals surface area contributed by atoms with E-state index in [0.717, 1.165) is 11.1 Å². The molecule has 33 heavy (non-hydrogen) atoms. The van der Waals surface area contributed by atoms with Crippen molar-refractivity contribution in [3.63, 3.8) is 0 Å². The van der Waals surface area contributed by atoms with E-state index in [1.807, 2.05) is 60.7 Å². The van der Waals surface area contributed by atoms with Crippen LogP contribution >= 0.6 is 0 Å². The van der Waals surface area contributed by atoms with Crippen molar-refractivity contribution in [2.24, 2.45) is 17.4 Å². The fraction of sp³-hybridized carbons (Fsp3) is 0.423. The van der Waals surface area contributed by atoms with Crippen LogP contribution in [-0.4, -0.2) is 41.9 Å². The van der Waals surface area contributed by atoms with Gasteiger partial charge in [-0.25, -0.2) is 0 Å². The summed E-state index contributed by atoms with van der Waals surface area (Å²) in [4.78, 5) is 39.2. The van der Waals surface area contributed by atoms with Gasteiger partial charge in [0.2, 0.25) is 5.91 Å². The van der Waals surface area contributed by atoms with Crippen molar-refractivity contribution in [2.45, 2.75) is 56.7 Å². The van der Waals surface area contributed by atoms with Gasteiger partial charge in [0.05, 0.1) is 18.7 Å². The minimum atomic E-state index is -1.38. The lowest BCUT2D eigenvalue weighted by molar-refractivity contribution is -0.153. The third-order valence-corrected chi connectivity index (χ3v) is 6.28. The first kappa shape index (κ1) is 24.6. The number of amides is 1. The Balaban J connectivity index is 1.79. The molecule has 0 aromatic heterocycles. The van der Waals surface area contributed by atoms with E-state index in [0.29, 0.717) is 32.1 Å². The fourth-order valence-electron chi connectivity index (χ4n) is 4.49. The highest BCUT2D eigenvalue weighted by molar-refractivity contribution is 5.97. The number of ketones is 1. The van der Waals surface area contributed by atoms with Crippen LogP contribution in [0.25, 0.3) is 0 Å². The van der Waals surface area contributed by atoms with Crippen LogP contribution in [0, 0.1) is 5.92 Å². The molecule has 0 aliphatic heterocycles. The van der Waals surface area contributed by atoms with E-state index in [1.54, 1.807) is 6.92 Å². The molecule has 2 unspecified atom stereocenters. The van der Waals surface area contributed by atoms with Gasteiger partial charge in [-0.2, -0.15) is 0 Å². The van der Waals surface area contributed by atoms with Crippen LogP contribution in [0.4, 0.5) is 0 Å². The van der Waals surface area contributed by atoms with Crippen molar-refractivity contribution in [3.8, 4) is 0 Å². The minimum absolute atomic E-state index is 0.192. The second-order valence-electron chi connectivity index (χ2n) is 8.66. The molecule has 0 saturated heterocycles. The summed E-state index contributed by atoms with van der Waals surface area (Å²) >= 11 is 0. The van der Waals surface area contributed by atoms with Gasteiger partial charge in [-0.05, 0) is 43.7 Å². The molecule has 2 aromatic rings. The van der Waals surface area contributed by atoms with Crippen LogP contribution in [0.1, 0.15) is 37.3 Å². The first-order valence-electron chi connectivity index (χ1n) is 11.5. The molecule has 7 heteroatoms. The van der Waals surface area contributed by atoms with Crippen molar-refractivity contribution in [1.82, 2.24) is 5.32 Å². The van der Waals surface area contributed by atoms with E-state index in [-0.39, 0.29) is 12.4 Å². The average molecular weight is 452 g/mol. The van der Waals surface area contributed by atoms with Gasteiger partial charge in [0, 0.05) is 5.92 Å². The monoisotopic (exact) mass is 451 g/mol. The molecule has 1 aliphatic rings. The number of carbonyl (C=O) groups excluding carboxylic acids is 3. The minimum Gasteiger partial charge on any atom is -0.465 e. The van der Waals surface area contributed by atoms with E-state index in [9.17, 15) is 14.4 Å². The Kier molecular flexibility index (Phi) is 8.36. The number of carbonyl (C=O) groups is 3. The highest BCUT2D eigenvalue weighted by atomic mass is 16.5. The molecule has 3 rings (SSSR count). The number of rotatable bonds is 10. The lowest BCUT2D eigenvalue weighted by Gasteiger charge is -2.31. The summed E-state index contributed by atoms with van der Waals surface area (Å²) in [5.41, 5.74) is 13.0. The number of esters is 1. The molecule has 1 amide bonds. The largest absolute Gasteiger partial charge is 0.465 e. The molecule has 1 saturated carbocycles. The molecule has 7 nitrogen and oxygen atoms in total. The maximum absolute atomic E-state index is 13.6. The van der Waals surface area contributed by atoms with E-state index >= 15 is 0 Å². The van der Waals surface area contributed by atoms with E-state index in [2.05, 4.69) is 5.32 Å². The molecule has 1 aliphatic carbocycles. The number of nitrogens with one attached hydrogen (secondary N) is 1. The maximum Gasteiger partial charge on any atom is 0.326 e. The highest BCUT2D eigenvalue weighted by Gasteiger charge is 2.51. The van der Waals surface area contributed by atoms with E-state index < -0.39 is 35.4 Å². The van der Waals surface area contributed by atoms with Crippen LogP contribution in [0.5, 0.6) is 0 Å². The summed E-state index contributed by atoms with van der Waals surface area (Å²) in [5, 5.41) is 2.85. The standard InChI is InChI=1S/C26H33N3O4/c1-2-33-25(32)26(28)15-9-14-20(26)23(30)22(17-19-12-7-4-8-13-19)29-24(31)21(27)16-18-10-5-3-6-11-18/h3-8,10-13,20-22H,2,9,14-17,27-28H2,1H3,(H,29,31)/t20?,21-,22-,26?/m0/s1. The Hall–Kier alpha value is -3.03. The lowest BCUT2D eigenvalue weighted by Crippen LogP contribution is -2.59. The summed E-state index contributed by atoms with van der Waals surface area (Å²) in [6, 6.07) is 17.2. The first-order chi connectivity index (χ1) is 15.8. The van der Waals surface area contributed by atoms with Crippen LogP contribution in [0.3, 0.4) is 0 Å². The molecule has 0 radical (unpaired) electrons. The zero-order valence-electron chi connectivity index (χ0n) is 19.0. The van der Waals surface area contributed by atoms with Crippen molar-refractivity contribution in [2.75, 3.05) is 6.61 Å². The summed E-state index contributed by atoms with van der Waals surface area (Å²) in [7, 11) is 0. The number of nitrogens with two attached hydrogens (primary N) is 2. The predicted molar refractivity (Wildman–Crippen MR) is 126 cm³/mol. The van der Waals surface area contributed by atoms with E-state index in [1.165, 1.54) is 0 Å². The first-order valence-corrected chi connectivity index (χ1v) is 11.5. The molecule has 0 spiro atoms. The number of hydrogen-bond donors (Lipinski definition) is 3. The molecule has 0 bridgehead atoms. The van der Waals surface area contributed by atoms with Crippen LogP contribution in [0.2, 0.25) is 0 Å². The Morgan fingerprint density at radius 2 is 1.61 bits per heavy atom. The Morgan fingerprint density at radius 3 is 2.18 bits per heavy atom. The van der Waals surface area contributed by atoms with Crippen LogP contribution in [0.15, 0.2) is 60.7 Å². The second-order valence-corrected chi connectivity index (χ2v) is 8.66. The SMILES string of the molecule is CCOC(=O)C1(N)CCCC1C(=O)[C@H](Cc1ccccc1)NC(=O)[C@@H](N)Cc1ccccc1. The van der Waals surface area contributed by atoms with Gasteiger partial charge in [0.25, 0.3) is 0 Å². The lowest BCUT2D eigenvalue weighted by atomic mass is 9.81. The quantitative estimate of drug-likeness (QED) is 0.474. The summed E-state index contributed by atoms with van der Waals surface area (Å²) in [6.45, 7) is 1.90. The third kappa shape index (κ3) is 6.06. The Labute approximate surface area is 194 Å². The normalized spacial score (nSPS) is 21.7. The van der Waals surface area contributed by atoms with Gasteiger partial charge in [0.1, 0.15) is 5.54 Å². The van der Waals surface area contributed by atoms with Gasteiger partial charge in [-0.1, -0.05) is 67.1 Å². The number of benzene rings is 2. The van der Waals surface area contributed by atoms with Gasteiger partial charge < -0.3 is 21.5 Å². The molecule has 0 heterocycles.